The van der Waals surface area contributed by atoms with Gasteiger partial charge in [-0.15, -0.1) is 0 Å². The Balaban J connectivity index is 3.21. The van der Waals surface area contributed by atoms with Crippen molar-refractivity contribution in [1.29, 1.82) is 0 Å². The van der Waals surface area contributed by atoms with Gasteiger partial charge in [0.15, 0.2) is 0 Å². The van der Waals surface area contributed by atoms with Crippen molar-refractivity contribution in [3.05, 3.63) is 27.9 Å². The van der Waals surface area contributed by atoms with Crippen LogP contribution in [-0.2, 0) is 4.79 Å². The zero-order valence-corrected chi connectivity index (χ0v) is 9.75. The van der Waals surface area contributed by atoms with Crippen LogP contribution in [0.2, 0.25) is 0 Å². The summed E-state index contributed by atoms with van der Waals surface area (Å²) < 4.78 is 0. The molecule has 7 nitrogen and oxygen atoms in total. The molecule has 0 saturated carbocycles. The maximum atomic E-state index is 10.9. The molecule has 92 valence electrons. The minimum Gasteiger partial charge on any atom is -0.480 e. The van der Waals surface area contributed by atoms with Crippen LogP contribution in [0, 0.1) is 17.0 Å². The Kier molecular flexibility index (Phi) is 3.62. The van der Waals surface area contributed by atoms with Gasteiger partial charge in [0.1, 0.15) is 6.04 Å². The smallest absolute Gasteiger partial charge is 0.326 e. The first-order valence-electron chi connectivity index (χ1n) is 4.91. The van der Waals surface area contributed by atoms with Crippen molar-refractivity contribution >= 4 is 17.5 Å². The largest absolute Gasteiger partial charge is 0.480 e. The number of aliphatic carboxylic acids is 1. The predicted molar refractivity (Wildman–Crippen MR) is 61.1 cm³/mol. The number of likely N-dealkylation sites (N-methyl/N-ethyl adjacent to an activating group) is 1. The molecule has 1 aromatic rings. The summed E-state index contributed by atoms with van der Waals surface area (Å²) >= 11 is 0. The molecule has 0 bridgehead atoms. The van der Waals surface area contributed by atoms with Crippen molar-refractivity contribution in [2.45, 2.75) is 19.9 Å². The minimum absolute atomic E-state index is 0.0514. The fourth-order valence-electron chi connectivity index (χ4n) is 1.30. The number of nitrogens with zero attached hydrogens (tertiary/aromatic N) is 3. The van der Waals surface area contributed by atoms with Crippen LogP contribution in [0.3, 0.4) is 0 Å². The molecule has 1 unspecified atom stereocenters. The van der Waals surface area contributed by atoms with E-state index in [1.165, 1.54) is 31.1 Å². The van der Waals surface area contributed by atoms with Gasteiger partial charge in [0.2, 0.25) is 5.82 Å². The molecule has 1 aromatic heterocycles. The Bertz CT molecular complexity index is 461. The summed E-state index contributed by atoms with van der Waals surface area (Å²) in [6.45, 7) is 3.12. The minimum atomic E-state index is -1.07. The van der Waals surface area contributed by atoms with Gasteiger partial charge < -0.3 is 10.0 Å². The molecule has 0 amide bonds. The highest BCUT2D eigenvalue weighted by atomic mass is 16.6. The zero-order valence-electron chi connectivity index (χ0n) is 9.75. The lowest BCUT2D eigenvalue weighted by Gasteiger charge is -2.22. The number of nitro groups is 1. The first-order chi connectivity index (χ1) is 7.84. The second kappa shape index (κ2) is 4.77. The van der Waals surface area contributed by atoms with E-state index in [4.69, 9.17) is 5.11 Å². The molecule has 1 rings (SSSR count). The zero-order chi connectivity index (χ0) is 13.2. The number of carboxylic acid groups (broad SMARTS) is 1. The molecule has 0 spiro atoms. The first kappa shape index (κ1) is 12.9. The molecule has 0 aliphatic heterocycles. The standard InChI is InChI=1S/C10H13N3O4/c1-6-4-8(13(16)17)9(11-5-6)12(3)7(2)10(14)15/h4-5,7H,1-3H3,(H,14,15). The second-order valence-electron chi connectivity index (χ2n) is 3.74. The summed E-state index contributed by atoms with van der Waals surface area (Å²) in [6.07, 6.45) is 1.47. The van der Waals surface area contributed by atoms with Crippen LogP contribution in [0.1, 0.15) is 12.5 Å². The van der Waals surface area contributed by atoms with Crippen molar-refractivity contribution in [2.24, 2.45) is 0 Å². The van der Waals surface area contributed by atoms with Crippen molar-refractivity contribution < 1.29 is 14.8 Å². The number of carbonyl (C=O) groups is 1. The summed E-state index contributed by atoms with van der Waals surface area (Å²) in [4.78, 5) is 26.3. The molecule has 0 fully saturated rings. The number of pyridine rings is 1. The van der Waals surface area contributed by atoms with Crippen LogP contribution < -0.4 is 4.90 Å². The Labute approximate surface area is 97.8 Å². The molecule has 7 heteroatoms. The number of hydrogen-bond acceptors (Lipinski definition) is 5. The van der Waals surface area contributed by atoms with E-state index in [-0.39, 0.29) is 11.5 Å². The van der Waals surface area contributed by atoms with Crippen LogP contribution in [0.25, 0.3) is 0 Å². The SMILES string of the molecule is Cc1cnc(N(C)C(C)C(=O)O)c([N+](=O)[O-])c1. The maximum Gasteiger partial charge on any atom is 0.326 e. The van der Waals surface area contributed by atoms with E-state index in [0.29, 0.717) is 5.56 Å². The quantitative estimate of drug-likeness (QED) is 0.626. The molecular formula is C10H13N3O4. The van der Waals surface area contributed by atoms with E-state index in [1.807, 2.05) is 0 Å². The third kappa shape index (κ3) is 2.68. The van der Waals surface area contributed by atoms with Gasteiger partial charge in [-0.1, -0.05) is 0 Å². The van der Waals surface area contributed by atoms with Crippen molar-refractivity contribution in [1.82, 2.24) is 4.98 Å². The maximum absolute atomic E-state index is 10.9. The Hall–Kier alpha value is -2.18. The highest BCUT2D eigenvalue weighted by Gasteiger charge is 2.25. The summed E-state index contributed by atoms with van der Waals surface area (Å²) in [6, 6.07) is 0.483. The summed E-state index contributed by atoms with van der Waals surface area (Å²) in [5.41, 5.74) is 0.456. The fourth-order valence-corrected chi connectivity index (χ4v) is 1.30. The van der Waals surface area contributed by atoms with Gasteiger partial charge in [-0.2, -0.15) is 0 Å². The van der Waals surface area contributed by atoms with Crippen LogP contribution in [0.4, 0.5) is 11.5 Å². The molecule has 1 heterocycles. The van der Waals surface area contributed by atoms with Crippen LogP contribution in [-0.4, -0.2) is 34.1 Å². The number of carboxylic acids is 1. The van der Waals surface area contributed by atoms with Crippen molar-refractivity contribution in [3.63, 3.8) is 0 Å². The molecule has 0 aliphatic rings. The van der Waals surface area contributed by atoms with Gasteiger partial charge in [-0.05, 0) is 19.4 Å². The van der Waals surface area contributed by atoms with E-state index in [1.54, 1.807) is 6.92 Å². The lowest BCUT2D eigenvalue weighted by atomic mass is 10.2. The van der Waals surface area contributed by atoms with E-state index >= 15 is 0 Å². The van der Waals surface area contributed by atoms with E-state index in [2.05, 4.69) is 4.98 Å². The van der Waals surface area contributed by atoms with Crippen molar-refractivity contribution in [2.75, 3.05) is 11.9 Å². The Morgan fingerprint density at radius 2 is 2.24 bits per heavy atom. The molecule has 1 N–H and O–H groups in total. The average Bonchev–Trinajstić information content (AvgIpc) is 2.26. The molecule has 17 heavy (non-hydrogen) atoms. The normalized spacial score (nSPS) is 11.9. The first-order valence-corrected chi connectivity index (χ1v) is 4.91. The van der Waals surface area contributed by atoms with E-state index < -0.39 is 16.9 Å². The Morgan fingerprint density at radius 1 is 1.65 bits per heavy atom. The predicted octanol–water partition coefficient (Wildman–Crippen LogP) is 1.21. The topological polar surface area (TPSA) is 96.6 Å². The molecule has 0 aromatic carbocycles. The molecule has 0 saturated heterocycles. The summed E-state index contributed by atoms with van der Waals surface area (Å²) in [7, 11) is 1.46. The van der Waals surface area contributed by atoms with E-state index in [9.17, 15) is 14.9 Å². The third-order valence-corrected chi connectivity index (χ3v) is 2.45. The highest BCUT2D eigenvalue weighted by Crippen LogP contribution is 2.26. The molecule has 0 radical (unpaired) electrons. The van der Waals surface area contributed by atoms with Gasteiger partial charge in [0.05, 0.1) is 4.92 Å². The van der Waals surface area contributed by atoms with Crippen LogP contribution in [0.5, 0.6) is 0 Å². The van der Waals surface area contributed by atoms with Gasteiger partial charge in [-0.25, -0.2) is 9.78 Å². The molecular weight excluding hydrogens is 226 g/mol. The van der Waals surface area contributed by atoms with Crippen molar-refractivity contribution in [3.8, 4) is 0 Å². The number of hydrogen-bond donors (Lipinski definition) is 1. The highest BCUT2D eigenvalue weighted by molar-refractivity contribution is 5.78. The second-order valence-corrected chi connectivity index (χ2v) is 3.74. The monoisotopic (exact) mass is 239 g/mol. The number of aryl methyl sites for hydroxylation is 1. The van der Waals surface area contributed by atoms with Gasteiger partial charge in [0, 0.05) is 19.3 Å². The van der Waals surface area contributed by atoms with Gasteiger partial charge >= 0.3 is 11.7 Å². The fraction of sp³-hybridized carbons (Fsp3) is 0.400. The third-order valence-electron chi connectivity index (χ3n) is 2.45. The number of aromatic nitrogens is 1. The summed E-state index contributed by atoms with van der Waals surface area (Å²) in [5.74, 6) is -1.01. The Morgan fingerprint density at radius 3 is 2.71 bits per heavy atom. The van der Waals surface area contributed by atoms with Gasteiger partial charge in [-0.3, -0.25) is 10.1 Å². The van der Waals surface area contributed by atoms with Crippen LogP contribution >= 0.6 is 0 Å². The number of rotatable bonds is 4. The van der Waals surface area contributed by atoms with Gasteiger partial charge in [0.25, 0.3) is 0 Å². The average molecular weight is 239 g/mol. The molecule has 0 aliphatic carbocycles. The lowest BCUT2D eigenvalue weighted by molar-refractivity contribution is -0.384. The lowest BCUT2D eigenvalue weighted by Crippen LogP contribution is -2.36. The number of anilines is 1. The summed E-state index contributed by atoms with van der Waals surface area (Å²) in [5, 5.41) is 19.7. The van der Waals surface area contributed by atoms with Crippen LogP contribution in [0.15, 0.2) is 12.3 Å². The van der Waals surface area contributed by atoms with E-state index in [0.717, 1.165) is 0 Å². The molecule has 1 atom stereocenters.